The van der Waals surface area contributed by atoms with Crippen LogP contribution in [0.1, 0.15) is 31.9 Å². The van der Waals surface area contributed by atoms with Crippen LogP contribution in [0.5, 0.6) is 0 Å². The third kappa shape index (κ3) is 7.95. The number of benzene rings is 2. The van der Waals surface area contributed by atoms with Gasteiger partial charge in [0.15, 0.2) is 0 Å². The van der Waals surface area contributed by atoms with Crippen LogP contribution in [0.4, 0.5) is 4.79 Å². The minimum atomic E-state index is -0.778. The number of thioether (sulfide) groups is 1. The summed E-state index contributed by atoms with van der Waals surface area (Å²) in [6.45, 7) is 5.32. The molecule has 6 heteroatoms. The minimum absolute atomic E-state index is 0.374. The van der Waals surface area contributed by atoms with E-state index < -0.39 is 23.7 Å². The summed E-state index contributed by atoms with van der Waals surface area (Å²) in [4.78, 5) is 24.1. The van der Waals surface area contributed by atoms with E-state index in [4.69, 9.17) is 9.47 Å². The van der Waals surface area contributed by atoms with Crippen molar-refractivity contribution in [1.82, 2.24) is 5.32 Å². The Labute approximate surface area is 182 Å². The van der Waals surface area contributed by atoms with E-state index in [0.29, 0.717) is 11.5 Å². The largest absolute Gasteiger partial charge is 0.467 e. The lowest BCUT2D eigenvalue weighted by atomic mass is 9.98. The number of esters is 1. The topological polar surface area (TPSA) is 64.6 Å². The lowest BCUT2D eigenvalue weighted by Gasteiger charge is -2.22. The molecule has 2 aromatic carbocycles. The van der Waals surface area contributed by atoms with E-state index >= 15 is 0 Å². The number of alkyl carbamates (subject to hydrolysis) is 1. The average Bonchev–Trinajstić information content (AvgIpc) is 2.72. The van der Waals surface area contributed by atoms with Gasteiger partial charge in [-0.3, -0.25) is 0 Å². The highest BCUT2D eigenvalue weighted by Gasteiger charge is 2.24. The zero-order valence-electron chi connectivity index (χ0n) is 17.9. The van der Waals surface area contributed by atoms with Crippen LogP contribution >= 0.6 is 11.8 Å². The van der Waals surface area contributed by atoms with Crippen molar-refractivity contribution in [3.05, 3.63) is 77.9 Å². The molecular formula is C24H29NO4S. The third-order valence-corrected chi connectivity index (χ3v) is 5.01. The quantitative estimate of drug-likeness (QED) is 0.479. The van der Waals surface area contributed by atoms with Crippen LogP contribution in [0.15, 0.2) is 66.7 Å². The Morgan fingerprint density at radius 1 is 1.00 bits per heavy atom. The number of hydrogen-bond donors (Lipinski definition) is 1. The van der Waals surface area contributed by atoms with E-state index in [2.05, 4.69) is 35.7 Å². The summed E-state index contributed by atoms with van der Waals surface area (Å²) in [6.07, 6.45) is 1.50. The van der Waals surface area contributed by atoms with Crippen LogP contribution in [0, 0.1) is 0 Å². The molecule has 0 aliphatic heterocycles. The fraction of sp³-hybridized carbons (Fsp3) is 0.333. The molecule has 0 saturated carbocycles. The first-order valence-corrected chi connectivity index (χ1v) is 10.9. The third-order valence-electron chi connectivity index (χ3n) is 4.04. The average molecular weight is 428 g/mol. The molecule has 0 unspecified atom stereocenters. The first-order chi connectivity index (χ1) is 14.3. The highest BCUT2D eigenvalue weighted by Crippen LogP contribution is 2.24. The van der Waals surface area contributed by atoms with Gasteiger partial charge in [-0.05, 0) is 37.5 Å². The van der Waals surface area contributed by atoms with Crippen molar-refractivity contribution < 1.29 is 19.1 Å². The Morgan fingerprint density at radius 2 is 1.53 bits per heavy atom. The number of rotatable bonds is 8. The van der Waals surface area contributed by atoms with Crippen LogP contribution in [0.2, 0.25) is 0 Å². The number of hydrogen-bond acceptors (Lipinski definition) is 5. The molecule has 0 saturated heterocycles. The molecule has 0 spiro atoms. The summed E-state index contributed by atoms with van der Waals surface area (Å²) in [5.41, 5.74) is 2.74. The Morgan fingerprint density at radius 3 is 2.00 bits per heavy atom. The molecule has 2 rings (SSSR count). The second-order valence-electron chi connectivity index (χ2n) is 7.61. The first-order valence-electron chi connectivity index (χ1n) is 9.76. The van der Waals surface area contributed by atoms with Gasteiger partial charge >= 0.3 is 12.1 Å². The summed E-state index contributed by atoms with van der Waals surface area (Å²) in [5, 5.41) is 2.60. The van der Waals surface area contributed by atoms with Gasteiger partial charge in [0, 0.05) is 11.5 Å². The van der Waals surface area contributed by atoms with E-state index in [1.807, 2.05) is 36.4 Å². The van der Waals surface area contributed by atoms with Gasteiger partial charge in [-0.25, -0.2) is 9.59 Å². The first kappa shape index (κ1) is 23.5. The van der Waals surface area contributed by atoms with Crippen molar-refractivity contribution in [2.75, 3.05) is 18.6 Å². The molecule has 0 aliphatic rings. The zero-order chi connectivity index (χ0) is 22.0. The second-order valence-corrected chi connectivity index (χ2v) is 8.68. The van der Waals surface area contributed by atoms with Crippen LogP contribution in [0.3, 0.4) is 0 Å². The van der Waals surface area contributed by atoms with Gasteiger partial charge in [-0.1, -0.05) is 66.7 Å². The molecule has 0 radical (unpaired) electrons. The van der Waals surface area contributed by atoms with E-state index in [1.165, 1.54) is 18.9 Å². The Balaban J connectivity index is 2.05. The molecule has 160 valence electrons. The van der Waals surface area contributed by atoms with Crippen molar-refractivity contribution in [2.24, 2.45) is 0 Å². The monoisotopic (exact) mass is 427 g/mol. The SMILES string of the molecule is COC(=O)[C@H](CSCC=C(c1ccccc1)c1ccccc1)NC(=O)OC(C)(C)C. The summed E-state index contributed by atoms with van der Waals surface area (Å²) in [6, 6.07) is 19.5. The van der Waals surface area contributed by atoms with Crippen molar-refractivity contribution >= 4 is 29.4 Å². The molecule has 1 N–H and O–H groups in total. The predicted octanol–water partition coefficient (Wildman–Crippen LogP) is 4.92. The summed E-state index contributed by atoms with van der Waals surface area (Å²) >= 11 is 1.54. The second kappa shape index (κ2) is 11.5. The maximum atomic E-state index is 12.1. The standard InChI is InChI=1S/C24H29NO4S/c1-24(2,3)29-23(27)25-21(22(26)28-4)17-30-16-15-20(18-11-7-5-8-12-18)19-13-9-6-10-14-19/h5-15,21H,16-17H2,1-4H3,(H,25,27)/t21-/m0/s1. The molecule has 0 aliphatic carbocycles. The number of methoxy groups -OCH3 is 1. The van der Waals surface area contributed by atoms with Crippen LogP contribution in [0.25, 0.3) is 5.57 Å². The van der Waals surface area contributed by atoms with E-state index in [1.54, 1.807) is 20.8 Å². The van der Waals surface area contributed by atoms with Crippen LogP contribution in [-0.2, 0) is 14.3 Å². The number of ether oxygens (including phenoxy) is 2. The number of nitrogens with one attached hydrogen (secondary N) is 1. The molecule has 0 heterocycles. The molecule has 0 aromatic heterocycles. The van der Waals surface area contributed by atoms with Gasteiger partial charge in [0.2, 0.25) is 0 Å². The summed E-state index contributed by atoms with van der Waals surface area (Å²) in [5.74, 6) is 0.547. The Kier molecular flexibility index (Phi) is 8.99. The van der Waals surface area contributed by atoms with Gasteiger partial charge in [-0.2, -0.15) is 11.8 Å². The maximum Gasteiger partial charge on any atom is 0.408 e. The zero-order valence-corrected chi connectivity index (χ0v) is 18.7. The Hall–Kier alpha value is -2.73. The predicted molar refractivity (Wildman–Crippen MR) is 122 cm³/mol. The van der Waals surface area contributed by atoms with Gasteiger partial charge in [0.1, 0.15) is 11.6 Å². The molecule has 5 nitrogen and oxygen atoms in total. The summed E-state index contributed by atoms with van der Waals surface area (Å²) < 4.78 is 10.1. The molecule has 0 fully saturated rings. The van der Waals surface area contributed by atoms with Crippen molar-refractivity contribution in [2.45, 2.75) is 32.4 Å². The molecule has 1 atom stereocenters. The lowest BCUT2D eigenvalue weighted by Crippen LogP contribution is -2.45. The number of amides is 1. The van der Waals surface area contributed by atoms with E-state index in [0.717, 1.165) is 16.7 Å². The summed E-state index contributed by atoms with van der Waals surface area (Å²) in [7, 11) is 1.31. The van der Waals surface area contributed by atoms with E-state index in [9.17, 15) is 9.59 Å². The van der Waals surface area contributed by atoms with Gasteiger partial charge in [0.25, 0.3) is 0 Å². The normalized spacial score (nSPS) is 11.9. The molecule has 30 heavy (non-hydrogen) atoms. The van der Waals surface area contributed by atoms with Crippen molar-refractivity contribution in [3.63, 3.8) is 0 Å². The number of carbonyl (C=O) groups is 2. The smallest absolute Gasteiger partial charge is 0.408 e. The lowest BCUT2D eigenvalue weighted by molar-refractivity contribution is -0.142. The highest BCUT2D eigenvalue weighted by molar-refractivity contribution is 7.99. The van der Waals surface area contributed by atoms with Crippen molar-refractivity contribution in [3.8, 4) is 0 Å². The maximum absolute atomic E-state index is 12.1. The van der Waals surface area contributed by atoms with Crippen molar-refractivity contribution in [1.29, 1.82) is 0 Å². The number of carbonyl (C=O) groups excluding carboxylic acids is 2. The molecule has 1 amide bonds. The van der Waals surface area contributed by atoms with Gasteiger partial charge in [0.05, 0.1) is 7.11 Å². The Bertz CT molecular complexity index is 803. The molecule has 2 aromatic rings. The fourth-order valence-electron chi connectivity index (χ4n) is 2.73. The highest BCUT2D eigenvalue weighted by atomic mass is 32.2. The van der Waals surface area contributed by atoms with Crippen LogP contribution < -0.4 is 5.32 Å². The molecule has 0 bridgehead atoms. The van der Waals surface area contributed by atoms with E-state index in [-0.39, 0.29) is 0 Å². The molecular weight excluding hydrogens is 398 g/mol. The fourth-order valence-corrected chi connectivity index (χ4v) is 3.60. The van der Waals surface area contributed by atoms with Gasteiger partial charge < -0.3 is 14.8 Å². The minimum Gasteiger partial charge on any atom is -0.467 e. The van der Waals surface area contributed by atoms with Crippen LogP contribution in [-0.4, -0.2) is 42.3 Å². The van der Waals surface area contributed by atoms with Gasteiger partial charge in [-0.15, -0.1) is 0 Å².